The number of hydrogen-bond acceptors (Lipinski definition) is 4. The van der Waals surface area contributed by atoms with Gasteiger partial charge in [-0.05, 0) is 24.0 Å². The molecule has 0 heterocycles. The Labute approximate surface area is 132 Å². The van der Waals surface area contributed by atoms with Gasteiger partial charge in [-0.25, -0.2) is 0 Å². The summed E-state index contributed by atoms with van der Waals surface area (Å²) < 4.78 is -0.0917. The molecule has 0 unspecified atom stereocenters. The Balaban J connectivity index is 2.75. The van der Waals surface area contributed by atoms with Gasteiger partial charge in [0, 0.05) is 9.64 Å². The van der Waals surface area contributed by atoms with Crippen molar-refractivity contribution in [3.05, 3.63) is 29.8 Å². The number of benzene rings is 1. The highest BCUT2D eigenvalue weighted by Crippen LogP contribution is 2.32. The third kappa shape index (κ3) is 5.50. The normalized spacial score (nSPS) is 15.1. The maximum absolute atomic E-state index is 12.1. The Morgan fingerprint density at radius 2 is 1.79 bits per heavy atom. The Morgan fingerprint density at radius 3 is 2.21 bits per heavy atom. The number of carbonyl (C=O) groups excluding carboxylic acids is 1. The summed E-state index contributed by atoms with van der Waals surface area (Å²) in [5.41, 5.74) is 7.14. The first kappa shape index (κ1) is 17.1. The van der Waals surface area contributed by atoms with Crippen LogP contribution in [-0.2, 0) is 4.79 Å². The number of carbonyl (C=O) groups is 1. The van der Waals surface area contributed by atoms with Gasteiger partial charge in [0.15, 0.2) is 0 Å². The van der Waals surface area contributed by atoms with Crippen molar-refractivity contribution in [2.75, 3.05) is 6.26 Å². The summed E-state index contributed by atoms with van der Waals surface area (Å²) in [5, 5.41) is 0.0777. The molecule has 0 fully saturated rings. The topological polar surface area (TPSA) is 43.1 Å². The summed E-state index contributed by atoms with van der Waals surface area (Å²) in [6, 6.07) is 7.71. The molecule has 0 saturated carbocycles. The van der Waals surface area contributed by atoms with Crippen LogP contribution in [0.5, 0.6) is 0 Å². The van der Waals surface area contributed by atoms with Crippen molar-refractivity contribution in [3.63, 3.8) is 0 Å². The Bertz CT molecular complexity index is 428. The predicted molar refractivity (Wildman–Crippen MR) is 90.2 cm³/mol. The Kier molecular flexibility index (Phi) is 6.43. The van der Waals surface area contributed by atoms with E-state index in [0.717, 1.165) is 5.56 Å². The van der Waals surface area contributed by atoms with Crippen LogP contribution in [0.15, 0.2) is 29.2 Å². The van der Waals surface area contributed by atoms with Gasteiger partial charge in [0.2, 0.25) is 5.12 Å². The lowest BCUT2D eigenvalue weighted by atomic mass is 10.1. The van der Waals surface area contributed by atoms with Crippen molar-refractivity contribution in [1.29, 1.82) is 0 Å². The summed E-state index contributed by atoms with van der Waals surface area (Å²) in [7, 11) is 0. The Morgan fingerprint density at radius 1 is 1.26 bits per heavy atom. The van der Waals surface area contributed by atoms with E-state index in [-0.39, 0.29) is 20.7 Å². The van der Waals surface area contributed by atoms with E-state index in [0.29, 0.717) is 0 Å². The molecular weight excluding hydrogens is 342 g/mol. The van der Waals surface area contributed by atoms with Gasteiger partial charge < -0.3 is 5.73 Å². The zero-order valence-electron chi connectivity index (χ0n) is 11.6. The molecule has 0 aromatic heterocycles. The van der Waals surface area contributed by atoms with Crippen molar-refractivity contribution in [2.24, 2.45) is 5.73 Å². The predicted octanol–water partition coefficient (Wildman–Crippen LogP) is 4.23. The van der Waals surface area contributed by atoms with Gasteiger partial charge in [0.25, 0.3) is 0 Å². The molecule has 0 saturated heterocycles. The van der Waals surface area contributed by atoms with Crippen molar-refractivity contribution >= 4 is 44.6 Å². The molecule has 106 valence electrons. The molecule has 0 spiro atoms. The summed E-state index contributed by atoms with van der Waals surface area (Å²) in [4.78, 5) is 13.0. The van der Waals surface area contributed by atoms with Gasteiger partial charge in [-0.2, -0.15) is 0 Å². The van der Waals surface area contributed by atoms with Gasteiger partial charge in [0.05, 0.1) is 6.04 Å². The minimum absolute atomic E-state index is 0.0777. The van der Waals surface area contributed by atoms with Crippen LogP contribution in [0.3, 0.4) is 0 Å². The molecule has 2 nitrogen and oxygen atoms in total. The molecule has 19 heavy (non-hydrogen) atoms. The molecule has 5 heteroatoms. The van der Waals surface area contributed by atoms with Crippen molar-refractivity contribution in [2.45, 2.75) is 41.3 Å². The molecule has 1 aromatic rings. The van der Waals surface area contributed by atoms with E-state index in [1.165, 1.54) is 16.7 Å². The van der Waals surface area contributed by atoms with E-state index in [1.807, 2.05) is 51.3 Å². The zero-order valence-corrected chi connectivity index (χ0v) is 14.9. The molecule has 0 amide bonds. The molecular formula is C14H20BrNOS2. The van der Waals surface area contributed by atoms with E-state index < -0.39 is 0 Å². The average Bonchev–Trinajstić information content (AvgIpc) is 2.35. The van der Waals surface area contributed by atoms with Crippen LogP contribution in [0.25, 0.3) is 0 Å². The van der Waals surface area contributed by atoms with Gasteiger partial charge in [-0.1, -0.05) is 60.6 Å². The lowest BCUT2D eigenvalue weighted by molar-refractivity contribution is -0.110. The highest BCUT2D eigenvalue weighted by Gasteiger charge is 2.28. The average molecular weight is 362 g/mol. The molecule has 1 rings (SSSR count). The maximum Gasteiger partial charge on any atom is 0.205 e. The molecule has 2 N–H and O–H groups in total. The van der Waals surface area contributed by atoms with Crippen molar-refractivity contribution < 1.29 is 4.79 Å². The first-order valence-corrected chi connectivity index (χ1v) is 8.97. The van der Waals surface area contributed by atoms with Gasteiger partial charge in [0.1, 0.15) is 4.83 Å². The SMILES string of the molecule is CSc1ccc([C@H](N)[C@H](Br)C(=O)SC(C)(C)C)cc1. The second-order valence-corrected chi connectivity index (χ2v) is 8.93. The molecule has 0 bridgehead atoms. The fourth-order valence-electron chi connectivity index (χ4n) is 1.50. The van der Waals surface area contributed by atoms with Crippen LogP contribution in [0, 0.1) is 0 Å². The monoisotopic (exact) mass is 361 g/mol. The maximum atomic E-state index is 12.1. The third-order valence-corrected chi connectivity index (χ3v) is 5.55. The second-order valence-electron chi connectivity index (χ2n) is 5.23. The van der Waals surface area contributed by atoms with Crippen LogP contribution in [0.1, 0.15) is 32.4 Å². The molecule has 1 aromatic carbocycles. The van der Waals surface area contributed by atoms with E-state index in [4.69, 9.17) is 5.73 Å². The molecule has 0 aliphatic heterocycles. The van der Waals surface area contributed by atoms with Gasteiger partial charge >= 0.3 is 0 Å². The van der Waals surface area contributed by atoms with Crippen LogP contribution < -0.4 is 5.73 Å². The number of halogens is 1. The minimum Gasteiger partial charge on any atom is -0.323 e. The zero-order chi connectivity index (χ0) is 14.6. The number of hydrogen-bond donors (Lipinski definition) is 1. The van der Waals surface area contributed by atoms with Crippen LogP contribution in [0.2, 0.25) is 0 Å². The van der Waals surface area contributed by atoms with Crippen LogP contribution in [0.4, 0.5) is 0 Å². The van der Waals surface area contributed by atoms with E-state index in [2.05, 4.69) is 15.9 Å². The molecule has 0 aliphatic rings. The number of rotatable bonds is 4. The summed E-state index contributed by atoms with van der Waals surface area (Å²) in [5.74, 6) is 0. The largest absolute Gasteiger partial charge is 0.323 e. The van der Waals surface area contributed by atoms with Gasteiger partial charge in [-0.15, -0.1) is 11.8 Å². The highest BCUT2D eigenvalue weighted by molar-refractivity contribution is 9.10. The van der Waals surface area contributed by atoms with Gasteiger partial charge in [-0.3, -0.25) is 4.79 Å². The van der Waals surface area contributed by atoms with E-state index in [9.17, 15) is 4.79 Å². The fraction of sp³-hybridized carbons (Fsp3) is 0.500. The first-order chi connectivity index (χ1) is 8.74. The second kappa shape index (κ2) is 7.16. The summed E-state index contributed by atoms with van der Waals surface area (Å²) in [6.07, 6.45) is 2.03. The standard InChI is InChI=1S/C14H20BrNOS2/c1-14(2,3)19-13(17)11(15)12(16)9-5-7-10(18-4)8-6-9/h5-8,11-12H,16H2,1-4H3/t11-,12-/m0/s1. The number of nitrogens with two attached hydrogens (primary N) is 1. The lowest BCUT2D eigenvalue weighted by Gasteiger charge is -2.22. The van der Waals surface area contributed by atoms with Crippen molar-refractivity contribution in [3.8, 4) is 0 Å². The Hall–Kier alpha value is 0.0300. The van der Waals surface area contributed by atoms with E-state index in [1.54, 1.807) is 11.8 Å². The highest BCUT2D eigenvalue weighted by atomic mass is 79.9. The molecule has 0 radical (unpaired) electrons. The smallest absolute Gasteiger partial charge is 0.205 e. The first-order valence-electron chi connectivity index (χ1n) is 6.01. The van der Waals surface area contributed by atoms with Crippen LogP contribution in [-0.4, -0.2) is 20.9 Å². The summed E-state index contributed by atoms with van der Waals surface area (Å²) in [6.45, 7) is 6.07. The number of alkyl halides is 1. The molecule has 0 aliphatic carbocycles. The minimum atomic E-state index is -0.364. The molecule has 2 atom stereocenters. The third-order valence-electron chi connectivity index (χ3n) is 2.45. The summed E-state index contributed by atoms with van der Waals surface area (Å²) >= 11 is 6.45. The number of thioether (sulfide) groups is 2. The fourth-order valence-corrected chi connectivity index (χ4v) is 3.36. The van der Waals surface area contributed by atoms with Crippen LogP contribution >= 0.6 is 39.5 Å². The van der Waals surface area contributed by atoms with Crippen molar-refractivity contribution in [1.82, 2.24) is 0 Å². The quantitative estimate of drug-likeness (QED) is 0.643. The lowest BCUT2D eigenvalue weighted by Crippen LogP contribution is -2.29. The van der Waals surface area contributed by atoms with E-state index >= 15 is 0 Å².